The summed E-state index contributed by atoms with van der Waals surface area (Å²) in [6.45, 7) is 3.79. The van der Waals surface area contributed by atoms with E-state index in [1.165, 1.54) is 0 Å². The minimum Gasteiger partial charge on any atom is -0.399 e. The molecule has 2 aromatic rings. The maximum Gasteiger partial charge on any atom is 0.0467 e. The number of anilines is 2. The van der Waals surface area contributed by atoms with Gasteiger partial charge in [-0.3, -0.25) is 0 Å². The Morgan fingerprint density at radius 2 is 2.00 bits per heavy atom. The number of halogens is 2. The average Bonchev–Trinajstić information content (AvgIpc) is 2.38. The van der Waals surface area contributed by atoms with E-state index in [0.29, 0.717) is 0 Å². The second-order valence-corrected chi connectivity index (χ2v) is 5.67. The molecule has 0 fully saturated rings. The molecule has 0 atom stereocenters. The van der Waals surface area contributed by atoms with Gasteiger partial charge in [0.05, 0.1) is 0 Å². The lowest BCUT2D eigenvalue weighted by Gasteiger charge is -2.24. The van der Waals surface area contributed by atoms with E-state index in [1.807, 2.05) is 36.4 Å². The monoisotopic (exact) mass is 338 g/mol. The van der Waals surface area contributed by atoms with Crippen LogP contribution in [0.15, 0.2) is 46.9 Å². The van der Waals surface area contributed by atoms with Gasteiger partial charge in [-0.15, -0.1) is 0 Å². The molecule has 0 spiro atoms. The van der Waals surface area contributed by atoms with E-state index in [2.05, 4.69) is 33.8 Å². The fourth-order valence-corrected chi connectivity index (χ4v) is 2.70. The summed E-state index contributed by atoms with van der Waals surface area (Å²) in [6.07, 6.45) is 0. The molecule has 2 nitrogen and oxygen atoms in total. The maximum atomic E-state index is 6.27. The number of hydrogen-bond donors (Lipinski definition) is 1. The lowest BCUT2D eigenvalue weighted by molar-refractivity contribution is 0.832. The van der Waals surface area contributed by atoms with Crippen LogP contribution in [0.4, 0.5) is 11.4 Å². The Morgan fingerprint density at radius 3 is 2.63 bits per heavy atom. The molecule has 4 heteroatoms. The number of nitrogen functional groups attached to an aromatic ring is 1. The van der Waals surface area contributed by atoms with Crippen LogP contribution in [-0.2, 0) is 6.54 Å². The van der Waals surface area contributed by atoms with Crippen LogP contribution < -0.4 is 10.6 Å². The van der Waals surface area contributed by atoms with Crippen molar-refractivity contribution in [3.8, 4) is 0 Å². The summed E-state index contributed by atoms with van der Waals surface area (Å²) in [5, 5.41) is 0.775. The average molecular weight is 340 g/mol. The Labute approximate surface area is 127 Å². The van der Waals surface area contributed by atoms with Crippen molar-refractivity contribution < 1.29 is 0 Å². The van der Waals surface area contributed by atoms with Crippen LogP contribution in [0.2, 0.25) is 5.02 Å². The quantitative estimate of drug-likeness (QED) is 0.817. The number of hydrogen-bond acceptors (Lipinski definition) is 2. The largest absolute Gasteiger partial charge is 0.399 e. The van der Waals surface area contributed by atoms with Crippen LogP contribution in [0.5, 0.6) is 0 Å². The van der Waals surface area contributed by atoms with Gasteiger partial charge in [0.2, 0.25) is 0 Å². The third-order valence-electron chi connectivity index (χ3n) is 2.99. The van der Waals surface area contributed by atoms with Crippen LogP contribution in [0.25, 0.3) is 0 Å². The zero-order chi connectivity index (χ0) is 13.8. The number of nitrogens with two attached hydrogens (primary N) is 1. The molecule has 2 N–H and O–H groups in total. The van der Waals surface area contributed by atoms with E-state index in [-0.39, 0.29) is 0 Å². The van der Waals surface area contributed by atoms with E-state index >= 15 is 0 Å². The topological polar surface area (TPSA) is 29.3 Å². The summed E-state index contributed by atoms with van der Waals surface area (Å²) in [5.74, 6) is 0. The van der Waals surface area contributed by atoms with Crippen LogP contribution in [0, 0.1) is 0 Å². The molecule has 0 saturated carbocycles. The SMILES string of the molecule is CCN(Cc1ccc(Br)cc1Cl)c1cccc(N)c1. The molecule has 0 aliphatic heterocycles. The molecule has 0 bridgehead atoms. The molecule has 0 aliphatic carbocycles. The second kappa shape index (κ2) is 6.31. The fraction of sp³-hybridized carbons (Fsp3) is 0.200. The second-order valence-electron chi connectivity index (χ2n) is 4.34. The van der Waals surface area contributed by atoms with Crippen molar-refractivity contribution in [1.82, 2.24) is 0 Å². The van der Waals surface area contributed by atoms with Crippen LogP contribution in [-0.4, -0.2) is 6.54 Å². The Morgan fingerprint density at radius 1 is 1.21 bits per heavy atom. The molecule has 0 amide bonds. The Hall–Kier alpha value is -1.19. The van der Waals surface area contributed by atoms with Gasteiger partial charge in [-0.2, -0.15) is 0 Å². The standard InChI is InChI=1S/C15H16BrClN2/c1-2-19(14-5-3-4-13(18)9-14)10-11-6-7-12(16)8-15(11)17/h3-9H,2,10,18H2,1H3. The predicted octanol–water partition coefficient (Wildman–Crippen LogP) is 4.71. The summed E-state index contributed by atoms with van der Waals surface area (Å²) in [7, 11) is 0. The van der Waals surface area contributed by atoms with Crippen LogP contribution >= 0.6 is 27.5 Å². The van der Waals surface area contributed by atoms with E-state index in [4.69, 9.17) is 17.3 Å². The minimum absolute atomic E-state index is 0.770. The lowest BCUT2D eigenvalue weighted by atomic mass is 10.2. The summed E-state index contributed by atoms with van der Waals surface area (Å²) in [6, 6.07) is 13.9. The van der Waals surface area contributed by atoms with Crippen molar-refractivity contribution in [3.05, 3.63) is 57.5 Å². The Kier molecular flexibility index (Phi) is 4.72. The van der Waals surface area contributed by atoms with Crippen molar-refractivity contribution >= 4 is 38.9 Å². The first-order valence-corrected chi connectivity index (χ1v) is 7.31. The van der Waals surface area contributed by atoms with Gasteiger partial charge in [-0.25, -0.2) is 0 Å². The first kappa shape index (κ1) is 14.2. The summed E-state index contributed by atoms with van der Waals surface area (Å²) >= 11 is 9.69. The molecule has 0 unspecified atom stereocenters. The van der Waals surface area contributed by atoms with Gasteiger partial charge < -0.3 is 10.6 Å². The third-order valence-corrected chi connectivity index (χ3v) is 3.84. The Bertz CT molecular complexity index is 572. The smallest absolute Gasteiger partial charge is 0.0467 e. The zero-order valence-electron chi connectivity index (χ0n) is 10.7. The highest BCUT2D eigenvalue weighted by Crippen LogP contribution is 2.25. The number of rotatable bonds is 4. The van der Waals surface area contributed by atoms with Crippen molar-refractivity contribution in [2.24, 2.45) is 0 Å². The molecule has 0 saturated heterocycles. The highest BCUT2D eigenvalue weighted by atomic mass is 79.9. The third kappa shape index (κ3) is 3.64. The molecule has 0 heterocycles. The number of nitrogens with zero attached hydrogens (tertiary/aromatic N) is 1. The van der Waals surface area contributed by atoms with Crippen molar-refractivity contribution in [2.75, 3.05) is 17.2 Å². The van der Waals surface area contributed by atoms with Gasteiger partial charge in [0.15, 0.2) is 0 Å². The number of benzene rings is 2. The maximum absolute atomic E-state index is 6.27. The molecule has 0 aliphatic rings. The summed E-state index contributed by atoms with van der Waals surface area (Å²) in [4.78, 5) is 2.24. The molecule has 19 heavy (non-hydrogen) atoms. The Balaban J connectivity index is 2.24. The van der Waals surface area contributed by atoms with E-state index < -0.39 is 0 Å². The van der Waals surface area contributed by atoms with Gasteiger partial charge in [0.25, 0.3) is 0 Å². The minimum atomic E-state index is 0.770. The van der Waals surface area contributed by atoms with Gasteiger partial charge >= 0.3 is 0 Å². The van der Waals surface area contributed by atoms with Crippen molar-refractivity contribution in [2.45, 2.75) is 13.5 Å². The predicted molar refractivity (Wildman–Crippen MR) is 86.7 cm³/mol. The zero-order valence-corrected chi connectivity index (χ0v) is 13.1. The lowest BCUT2D eigenvalue weighted by Crippen LogP contribution is -2.22. The first-order chi connectivity index (χ1) is 9.10. The normalized spacial score (nSPS) is 10.5. The van der Waals surface area contributed by atoms with Gasteiger partial charge in [0, 0.05) is 34.0 Å². The van der Waals surface area contributed by atoms with E-state index in [0.717, 1.165) is 39.5 Å². The molecular formula is C15H16BrClN2. The van der Waals surface area contributed by atoms with Crippen LogP contribution in [0.3, 0.4) is 0 Å². The molecule has 0 aromatic heterocycles. The molecular weight excluding hydrogens is 324 g/mol. The highest BCUT2D eigenvalue weighted by Gasteiger charge is 2.08. The summed E-state index contributed by atoms with van der Waals surface area (Å²) in [5.41, 5.74) is 8.83. The molecule has 0 radical (unpaired) electrons. The van der Waals surface area contributed by atoms with E-state index in [1.54, 1.807) is 0 Å². The fourth-order valence-electron chi connectivity index (χ4n) is 1.96. The van der Waals surface area contributed by atoms with Gasteiger partial charge in [-0.05, 0) is 42.8 Å². The molecule has 2 aromatic carbocycles. The summed E-state index contributed by atoms with van der Waals surface area (Å²) < 4.78 is 0.994. The van der Waals surface area contributed by atoms with Crippen LogP contribution in [0.1, 0.15) is 12.5 Å². The molecule has 2 rings (SSSR count). The van der Waals surface area contributed by atoms with Gasteiger partial charge in [-0.1, -0.05) is 39.7 Å². The van der Waals surface area contributed by atoms with Crippen molar-refractivity contribution in [1.29, 1.82) is 0 Å². The van der Waals surface area contributed by atoms with Gasteiger partial charge in [0.1, 0.15) is 0 Å². The van der Waals surface area contributed by atoms with Crippen molar-refractivity contribution in [3.63, 3.8) is 0 Å². The highest BCUT2D eigenvalue weighted by molar-refractivity contribution is 9.10. The van der Waals surface area contributed by atoms with E-state index in [9.17, 15) is 0 Å². The molecule has 100 valence electrons. The first-order valence-electron chi connectivity index (χ1n) is 6.14.